The molecule has 154 valence electrons. The number of carbonyl (C=O) groups is 2. The molecule has 0 saturated carbocycles. The van der Waals surface area contributed by atoms with Crippen LogP contribution in [0, 0.1) is 6.92 Å². The summed E-state index contributed by atoms with van der Waals surface area (Å²) in [5.74, 6) is -1.87. The molecular weight excluding hydrogens is 404 g/mol. The van der Waals surface area contributed by atoms with Crippen molar-refractivity contribution in [3.05, 3.63) is 67.9 Å². The first-order chi connectivity index (χ1) is 14.3. The van der Waals surface area contributed by atoms with E-state index < -0.39 is 23.1 Å². The zero-order chi connectivity index (χ0) is 21.4. The molecular formula is C21H20N4O4S. The first-order valence-electron chi connectivity index (χ1n) is 9.51. The third-order valence-electron chi connectivity index (χ3n) is 5.02. The molecule has 30 heavy (non-hydrogen) atoms. The van der Waals surface area contributed by atoms with Gasteiger partial charge in [0, 0.05) is 10.9 Å². The molecule has 4 rings (SSSR count). The van der Waals surface area contributed by atoms with Crippen molar-refractivity contribution in [2.24, 2.45) is 5.73 Å². The van der Waals surface area contributed by atoms with E-state index in [9.17, 15) is 19.5 Å². The average molecular weight is 424 g/mol. The fourth-order valence-electron chi connectivity index (χ4n) is 3.63. The summed E-state index contributed by atoms with van der Waals surface area (Å²) >= 11 is 1.31. The number of fused-ring (bicyclic) bond motifs is 1. The zero-order valence-electron chi connectivity index (χ0n) is 16.3. The number of hydrogen-bond donors (Lipinski definition) is 3. The highest BCUT2D eigenvalue weighted by Crippen LogP contribution is 2.38. The fourth-order valence-corrected chi connectivity index (χ4v) is 4.92. The maximum atomic E-state index is 12.9. The van der Waals surface area contributed by atoms with Crippen molar-refractivity contribution in [3.63, 3.8) is 0 Å². The normalized spacial score (nSPS) is 13.0. The lowest BCUT2D eigenvalue weighted by Crippen LogP contribution is -2.25. The second-order valence-electron chi connectivity index (χ2n) is 7.20. The van der Waals surface area contributed by atoms with Crippen LogP contribution in [0.5, 0.6) is 5.75 Å². The Morgan fingerprint density at radius 2 is 2.00 bits per heavy atom. The number of primary amides is 1. The molecule has 0 spiro atoms. The highest BCUT2D eigenvalue weighted by atomic mass is 32.1. The molecule has 9 heteroatoms. The number of aryl methyl sites for hydroxylation is 2. The summed E-state index contributed by atoms with van der Waals surface area (Å²) in [6.45, 7) is 1.87. The first kappa shape index (κ1) is 19.8. The van der Waals surface area contributed by atoms with Gasteiger partial charge in [0.15, 0.2) is 11.4 Å². The zero-order valence-corrected chi connectivity index (χ0v) is 17.1. The van der Waals surface area contributed by atoms with E-state index >= 15 is 0 Å². The second-order valence-corrected chi connectivity index (χ2v) is 8.31. The largest absolute Gasteiger partial charge is 0.505 e. The van der Waals surface area contributed by atoms with Gasteiger partial charge in [0.05, 0.1) is 11.3 Å². The Bertz CT molecular complexity index is 1230. The number of nitrogens with zero attached hydrogens (tertiary/aromatic N) is 2. The van der Waals surface area contributed by atoms with Gasteiger partial charge in [-0.15, -0.1) is 11.3 Å². The smallest absolute Gasteiger partial charge is 0.280 e. The van der Waals surface area contributed by atoms with Gasteiger partial charge in [0.2, 0.25) is 0 Å². The van der Waals surface area contributed by atoms with E-state index in [1.807, 2.05) is 13.0 Å². The molecule has 0 atom stereocenters. The number of hydrogen-bond acceptors (Lipinski definition) is 6. The van der Waals surface area contributed by atoms with Crippen LogP contribution in [0.4, 0.5) is 5.00 Å². The summed E-state index contributed by atoms with van der Waals surface area (Å²) in [7, 11) is 0. The van der Waals surface area contributed by atoms with Crippen molar-refractivity contribution in [2.45, 2.75) is 32.6 Å². The number of amides is 2. The first-order valence-corrected chi connectivity index (χ1v) is 10.3. The number of rotatable bonds is 4. The van der Waals surface area contributed by atoms with Gasteiger partial charge in [-0.25, -0.2) is 0 Å². The molecule has 0 aliphatic heterocycles. The van der Waals surface area contributed by atoms with Crippen molar-refractivity contribution in [1.29, 1.82) is 0 Å². The third-order valence-corrected chi connectivity index (χ3v) is 6.22. The Hall–Kier alpha value is -3.46. The van der Waals surface area contributed by atoms with Crippen molar-refractivity contribution in [1.82, 2.24) is 9.78 Å². The van der Waals surface area contributed by atoms with E-state index in [-0.39, 0.29) is 5.69 Å². The summed E-state index contributed by atoms with van der Waals surface area (Å²) in [6.07, 6.45) is 3.55. The van der Waals surface area contributed by atoms with Crippen LogP contribution in [0.3, 0.4) is 0 Å². The van der Waals surface area contributed by atoms with Gasteiger partial charge in [-0.05, 0) is 55.9 Å². The predicted octanol–water partition coefficient (Wildman–Crippen LogP) is 2.54. The number of aromatic nitrogens is 2. The highest BCUT2D eigenvalue weighted by molar-refractivity contribution is 7.17. The van der Waals surface area contributed by atoms with Crippen molar-refractivity contribution in [2.75, 3.05) is 5.32 Å². The molecule has 2 heterocycles. The van der Waals surface area contributed by atoms with Crippen LogP contribution in [0.25, 0.3) is 5.69 Å². The maximum absolute atomic E-state index is 12.9. The number of benzene rings is 1. The lowest BCUT2D eigenvalue weighted by molar-refractivity contribution is 0.100. The molecule has 1 aromatic carbocycles. The predicted molar refractivity (Wildman–Crippen MR) is 114 cm³/mol. The molecule has 0 unspecified atom stereocenters. The number of anilines is 1. The van der Waals surface area contributed by atoms with Gasteiger partial charge in [-0.3, -0.25) is 14.4 Å². The quantitative estimate of drug-likeness (QED) is 0.593. The Morgan fingerprint density at radius 3 is 2.73 bits per heavy atom. The third kappa shape index (κ3) is 3.59. The summed E-state index contributed by atoms with van der Waals surface area (Å²) in [4.78, 5) is 38.3. The maximum Gasteiger partial charge on any atom is 0.280 e. The van der Waals surface area contributed by atoms with Gasteiger partial charge in [0.1, 0.15) is 5.00 Å². The van der Waals surface area contributed by atoms with Crippen LogP contribution in [0.2, 0.25) is 0 Å². The standard InChI is InChI=1S/C21H20N4O4S/c1-11-5-4-6-12(9-11)25-16(27)10-14(26)18(24-25)20(29)23-21-17(19(22)28)13-7-2-3-8-15(13)30-21/h4-6,9-10,26H,2-3,7-8H2,1H3,(H2,22,28)(H,23,29). The van der Waals surface area contributed by atoms with Gasteiger partial charge < -0.3 is 16.2 Å². The lowest BCUT2D eigenvalue weighted by Gasteiger charge is -2.11. The molecule has 0 bridgehead atoms. The topological polar surface area (TPSA) is 127 Å². The molecule has 4 N–H and O–H groups in total. The minimum Gasteiger partial charge on any atom is -0.505 e. The Balaban J connectivity index is 1.73. The van der Waals surface area contributed by atoms with E-state index in [2.05, 4.69) is 10.4 Å². The van der Waals surface area contributed by atoms with Gasteiger partial charge in [-0.2, -0.15) is 9.78 Å². The number of nitrogens with two attached hydrogens (primary N) is 1. The second kappa shape index (κ2) is 7.75. The number of aromatic hydroxyl groups is 1. The summed E-state index contributed by atoms with van der Waals surface area (Å²) < 4.78 is 1.05. The van der Waals surface area contributed by atoms with E-state index in [4.69, 9.17) is 5.73 Å². The van der Waals surface area contributed by atoms with Crippen LogP contribution in [-0.4, -0.2) is 26.7 Å². The van der Waals surface area contributed by atoms with E-state index in [1.54, 1.807) is 18.2 Å². The Labute approximate surface area is 176 Å². The molecule has 0 fully saturated rings. The molecule has 0 radical (unpaired) electrons. The highest BCUT2D eigenvalue weighted by Gasteiger charge is 2.26. The Kier molecular flexibility index (Phi) is 5.13. The fraction of sp³-hybridized carbons (Fsp3) is 0.238. The molecule has 2 amide bonds. The molecule has 0 saturated heterocycles. The molecule has 3 aromatic rings. The summed E-state index contributed by atoms with van der Waals surface area (Å²) in [6, 6.07) is 8.00. The van der Waals surface area contributed by atoms with Crippen LogP contribution in [0.1, 0.15) is 49.7 Å². The van der Waals surface area contributed by atoms with Crippen LogP contribution in [-0.2, 0) is 12.8 Å². The van der Waals surface area contributed by atoms with Gasteiger partial charge >= 0.3 is 0 Å². The van der Waals surface area contributed by atoms with Crippen molar-refractivity contribution < 1.29 is 14.7 Å². The minimum atomic E-state index is -0.727. The number of nitrogens with one attached hydrogen (secondary N) is 1. The van der Waals surface area contributed by atoms with Gasteiger partial charge in [0.25, 0.3) is 17.4 Å². The lowest BCUT2D eigenvalue weighted by atomic mass is 9.95. The van der Waals surface area contributed by atoms with Crippen LogP contribution in [0.15, 0.2) is 35.1 Å². The van der Waals surface area contributed by atoms with E-state index in [0.717, 1.165) is 52.4 Å². The van der Waals surface area contributed by atoms with Crippen LogP contribution >= 0.6 is 11.3 Å². The molecule has 8 nitrogen and oxygen atoms in total. The van der Waals surface area contributed by atoms with Crippen molar-refractivity contribution in [3.8, 4) is 11.4 Å². The number of thiophene rings is 1. The summed E-state index contributed by atoms with van der Waals surface area (Å²) in [5.41, 5.74) is 7.26. The van der Waals surface area contributed by atoms with E-state index in [1.165, 1.54) is 11.3 Å². The molecule has 2 aromatic heterocycles. The van der Waals surface area contributed by atoms with Crippen molar-refractivity contribution >= 4 is 28.2 Å². The molecule has 1 aliphatic carbocycles. The minimum absolute atomic E-state index is 0.314. The monoisotopic (exact) mass is 424 g/mol. The average Bonchev–Trinajstić information content (AvgIpc) is 3.05. The SMILES string of the molecule is Cc1cccc(-n2nc(C(=O)Nc3sc4c(c3C(N)=O)CCCC4)c(O)cc2=O)c1. The van der Waals surface area contributed by atoms with E-state index in [0.29, 0.717) is 16.3 Å². The molecule has 1 aliphatic rings. The van der Waals surface area contributed by atoms with Crippen LogP contribution < -0.4 is 16.6 Å². The number of carbonyl (C=O) groups excluding carboxylic acids is 2. The van der Waals surface area contributed by atoms with Gasteiger partial charge in [-0.1, -0.05) is 12.1 Å². The summed E-state index contributed by atoms with van der Waals surface area (Å²) in [5, 5.41) is 17.2. The Morgan fingerprint density at radius 1 is 1.23 bits per heavy atom.